The van der Waals surface area contributed by atoms with E-state index in [4.69, 9.17) is 21.3 Å². The number of pyridine rings is 1. The maximum Gasteiger partial charge on any atom is 0.222 e. The number of nitrogens with one attached hydrogen (secondary N) is 1. The third-order valence-corrected chi connectivity index (χ3v) is 8.61. The van der Waals surface area contributed by atoms with Crippen LogP contribution in [0.5, 0.6) is 0 Å². The minimum absolute atomic E-state index is 0.106. The number of likely N-dealkylation sites (tertiary alicyclic amines) is 1. The average molecular weight is 614 g/mol. The van der Waals surface area contributed by atoms with Crippen molar-refractivity contribution in [1.29, 1.82) is 0 Å². The van der Waals surface area contributed by atoms with E-state index in [9.17, 15) is 9.90 Å². The zero-order valence-corrected chi connectivity index (χ0v) is 22.7. The molecule has 182 valence electrons. The van der Waals surface area contributed by atoms with E-state index in [1.807, 2.05) is 17.2 Å². The van der Waals surface area contributed by atoms with Crippen molar-refractivity contribution in [3.8, 4) is 0 Å². The molecule has 1 aliphatic carbocycles. The number of benzene rings is 1. The second-order valence-electron chi connectivity index (χ2n) is 9.41. The fourth-order valence-electron chi connectivity index (χ4n) is 5.64. The van der Waals surface area contributed by atoms with Gasteiger partial charge in [0.2, 0.25) is 12.3 Å². The van der Waals surface area contributed by atoms with Gasteiger partial charge in [-0.2, -0.15) is 0 Å². The van der Waals surface area contributed by atoms with Crippen LogP contribution in [0.15, 0.2) is 33.3 Å². The monoisotopic (exact) mass is 611 g/mol. The molecule has 0 bridgehead atoms. The molecule has 2 saturated heterocycles. The lowest BCUT2D eigenvalue weighted by Crippen LogP contribution is -2.40. The first-order chi connectivity index (χ1) is 16.4. The highest BCUT2D eigenvalue weighted by molar-refractivity contribution is 9.10. The number of piperidine rings is 1. The highest BCUT2D eigenvalue weighted by Crippen LogP contribution is 2.46. The van der Waals surface area contributed by atoms with Gasteiger partial charge < -0.3 is 14.7 Å². The predicted octanol–water partition coefficient (Wildman–Crippen LogP) is 4.77. The lowest BCUT2D eigenvalue weighted by atomic mass is 9.76. The standard InChI is InChI=1S/C25H28Br2ClN3O3/c26-17-9-16-2-1-15-10-18(28)11-20(27)22(15)23(24(16)29-12-17)14-5-7-31(8-6-14)21(32)4-3-19-13-30-25(33)34-19/h9-12,14,19,23,25,30,33H,1-8,13H2/t19-,23+,25?/m0/s1. The number of aryl methyl sites for hydroxylation is 2. The van der Waals surface area contributed by atoms with Crippen LogP contribution in [0, 0.1) is 5.92 Å². The normalized spacial score (nSPS) is 25.1. The number of hydrogen-bond acceptors (Lipinski definition) is 5. The third-order valence-electron chi connectivity index (χ3n) is 7.30. The Morgan fingerprint density at radius 1 is 1.21 bits per heavy atom. The van der Waals surface area contributed by atoms with Gasteiger partial charge in [0.05, 0.1) is 11.8 Å². The van der Waals surface area contributed by atoms with Crippen LogP contribution in [0.4, 0.5) is 0 Å². The Labute approximate surface area is 221 Å². The van der Waals surface area contributed by atoms with Crippen molar-refractivity contribution in [2.75, 3.05) is 19.6 Å². The van der Waals surface area contributed by atoms with E-state index >= 15 is 0 Å². The van der Waals surface area contributed by atoms with Gasteiger partial charge in [-0.05, 0) is 88.8 Å². The summed E-state index contributed by atoms with van der Waals surface area (Å²) < 4.78 is 7.40. The lowest BCUT2D eigenvalue weighted by molar-refractivity contribution is -0.135. The maximum absolute atomic E-state index is 12.8. The lowest BCUT2D eigenvalue weighted by Gasteiger charge is -2.37. The number of aliphatic hydroxyl groups excluding tert-OH is 1. The summed E-state index contributed by atoms with van der Waals surface area (Å²) in [5, 5.41) is 13.0. The van der Waals surface area contributed by atoms with Crippen molar-refractivity contribution in [1.82, 2.24) is 15.2 Å². The van der Waals surface area contributed by atoms with Gasteiger partial charge in [0.25, 0.3) is 0 Å². The maximum atomic E-state index is 12.8. The molecular weight excluding hydrogens is 586 g/mol. The van der Waals surface area contributed by atoms with Gasteiger partial charge in [0.1, 0.15) is 0 Å². The number of fused-ring (bicyclic) bond motifs is 2. The minimum atomic E-state index is -0.912. The molecular formula is C25H28Br2ClN3O3. The Morgan fingerprint density at radius 3 is 2.71 bits per heavy atom. The van der Waals surface area contributed by atoms with E-state index in [0.717, 1.165) is 58.4 Å². The largest absolute Gasteiger partial charge is 0.356 e. The third kappa shape index (κ3) is 5.22. The first kappa shape index (κ1) is 24.7. The number of halogens is 3. The van der Waals surface area contributed by atoms with E-state index in [1.54, 1.807) is 0 Å². The molecule has 1 amide bonds. The summed E-state index contributed by atoms with van der Waals surface area (Å²) in [6.07, 6.45) is 5.68. The molecule has 3 heterocycles. The molecule has 2 aromatic rings. The molecule has 2 fully saturated rings. The van der Waals surface area contributed by atoms with Crippen LogP contribution in [0.1, 0.15) is 54.0 Å². The summed E-state index contributed by atoms with van der Waals surface area (Å²) in [5.74, 6) is 0.729. The smallest absolute Gasteiger partial charge is 0.222 e. The van der Waals surface area contributed by atoms with Gasteiger partial charge in [-0.25, -0.2) is 0 Å². The average Bonchev–Trinajstić information content (AvgIpc) is 3.16. The van der Waals surface area contributed by atoms with Crippen molar-refractivity contribution < 1.29 is 14.6 Å². The fourth-order valence-corrected chi connectivity index (χ4v) is 7.14. The molecule has 6 nitrogen and oxygen atoms in total. The topological polar surface area (TPSA) is 74.7 Å². The van der Waals surface area contributed by atoms with Crippen LogP contribution in [0.2, 0.25) is 5.02 Å². The summed E-state index contributed by atoms with van der Waals surface area (Å²) >= 11 is 13.8. The zero-order chi connectivity index (χ0) is 23.8. The highest BCUT2D eigenvalue weighted by atomic mass is 79.9. The molecule has 34 heavy (non-hydrogen) atoms. The second kappa shape index (κ2) is 10.5. The Bertz CT molecular complexity index is 1080. The van der Waals surface area contributed by atoms with E-state index in [1.165, 1.54) is 16.7 Å². The number of carbonyl (C=O) groups excluding carboxylic acids is 1. The summed E-state index contributed by atoms with van der Waals surface area (Å²) in [6.45, 7) is 2.08. The number of carbonyl (C=O) groups is 1. The number of aromatic nitrogens is 1. The van der Waals surface area contributed by atoms with Gasteiger partial charge in [-0.15, -0.1) is 0 Å². The molecule has 5 rings (SSSR count). The highest BCUT2D eigenvalue weighted by Gasteiger charge is 2.36. The molecule has 1 unspecified atom stereocenters. The van der Waals surface area contributed by atoms with Gasteiger partial charge in [-0.3, -0.25) is 15.1 Å². The summed E-state index contributed by atoms with van der Waals surface area (Å²) in [6, 6.07) is 6.30. The van der Waals surface area contributed by atoms with Crippen molar-refractivity contribution in [3.63, 3.8) is 0 Å². The first-order valence-electron chi connectivity index (χ1n) is 11.9. The van der Waals surface area contributed by atoms with Gasteiger partial charge in [0, 0.05) is 52.1 Å². The van der Waals surface area contributed by atoms with E-state index in [0.29, 0.717) is 25.3 Å². The molecule has 1 aromatic heterocycles. The van der Waals surface area contributed by atoms with Crippen LogP contribution < -0.4 is 5.32 Å². The second-order valence-corrected chi connectivity index (χ2v) is 11.6. The number of rotatable bonds is 4. The number of nitrogens with zero attached hydrogens (tertiary/aromatic N) is 2. The summed E-state index contributed by atoms with van der Waals surface area (Å²) in [5.41, 5.74) is 5.01. The molecule has 0 spiro atoms. The molecule has 3 aliphatic rings. The molecule has 2 aliphatic heterocycles. The molecule has 3 atom stereocenters. The van der Waals surface area contributed by atoms with Crippen molar-refractivity contribution in [3.05, 3.63) is 60.7 Å². The minimum Gasteiger partial charge on any atom is -0.356 e. The van der Waals surface area contributed by atoms with Crippen molar-refractivity contribution in [2.24, 2.45) is 5.92 Å². The fraction of sp³-hybridized carbons (Fsp3) is 0.520. The number of hydrogen-bond donors (Lipinski definition) is 2. The Morgan fingerprint density at radius 2 is 1.97 bits per heavy atom. The number of amides is 1. The van der Waals surface area contributed by atoms with E-state index < -0.39 is 6.41 Å². The van der Waals surface area contributed by atoms with Crippen molar-refractivity contribution >= 4 is 49.4 Å². The first-order valence-corrected chi connectivity index (χ1v) is 13.8. The Kier molecular flexibility index (Phi) is 7.63. The van der Waals surface area contributed by atoms with E-state index in [2.05, 4.69) is 49.3 Å². The van der Waals surface area contributed by atoms with Gasteiger partial charge in [0.15, 0.2) is 0 Å². The van der Waals surface area contributed by atoms with E-state index in [-0.39, 0.29) is 17.9 Å². The Hall–Kier alpha value is -1.03. The molecule has 1 aromatic carbocycles. The molecule has 0 radical (unpaired) electrons. The molecule has 2 N–H and O–H groups in total. The van der Waals surface area contributed by atoms with Crippen molar-refractivity contribution in [2.45, 2.75) is 57.0 Å². The summed E-state index contributed by atoms with van der Waals surface area (Å²) in [7, 11) is 0. The van der Waals surface area contributed by atoms with Crippen LogP contribution >= 0.6 is 43.5 Å². The van der Waals surface area contributed by atoms with Crippen LogP contribution in [0.25, 0.3) is 0 Å². The zero-order valence-electron chi connectivity index (χ0n) is 18.8. The van der Waals surface area contributed by atoms with Crippen LogP contribution in [0.3, 0.4) is 0 Å². The quantitative estimate of drug-likeness (QED) is 0.520. The predicted molar refractivity (Wildman–Crippen MR) is 138 cm³/mol. The number of ether oxygens (including phenoxy) is 1. The molecule has 9 heteroatoms. The number of aliphatic hydroxyl groups is 1. The van der Waals surface area contributed by atoms with Crippen LogP contribution in [-0.2, 0) is 22.4 Å². The SMILES string of the molecule is O=C(CC[C@H]1CNC(O)O1)N1CCC([C@H]2c3ncc(Br)cc3CCc3cc(Cl)cc(Br)c32)CC1. The van der Waals surface area contributed by atoms with Gasteiger partial charge >= 0.3 is 0 Å². The Balaban J connectivity index is 1.33. The molecule has 0 saturated carbocycles. The summed E-state index contributed by atoms with van der Waals surface area (Å²) in [4.78, 5) is 19.7. The van der Waals surface area contributed by atoms with Crippen LogP contribution in [-0.4, -0.2) is 53.0 Å². The van der Waals surface area contributed by atoms with Gasteiger partial charge in [-0.1, -0.05) is 27.5 Å².